The number of nitrogens with one attached hydrogen (secondary N) is 1. The molecular formula is C13H11FN2O4. The summed E-state index contributed by atoms with van der Waals surface area (Å²) in [4.78, 5) is 21.3. The van der Waals surface area contributed by atoms with Gasteiger partial charge in [-0.2, -0.15) is 0 Å². The highest BCUT2D eigenvalue weighted by atomic mass is 19.1. The zero-order chi connectivity index (χ0) is 14.5. The number of hydrogen-bond donors (Lipinski definition) is 1. The minimum atomic E-state index is -0.719. The average molecular weight is 278 g/mol. The molecule has 104 valence electrons. The van der Waals surface area contributed by atoms with Crippen LogP contribution in [0, 0.1) is 15.9 Å². The molecular weight excluding hydrogens is 267 g/mol. The molecule has 2 rings (SSSR count). The van der Waals surface area contributed by atoms with E-state index in [9.17, 15) is 19.3 Å². The standard InChI is InChI=1S/C13H11FN2O4/c14-10-3-1-2-9(8-10)6-7-15-13(17)11-4-5-12(20-11)16(18)19/h1-5,8H,6-7H2,(H,15,17). The van der Waals surface area contributed by atoms with Crippen LogP contribution in [0.1, 0.15) is 16.1 Å². The fourth-order valence-corrected chi connectivity index (χ4v) is 1.65. The molecule has 7 heteroatoms. The van der Waals surface area contributed by atoms with E-state index >= 15 is 0 Å². The molecule has 0 fully saturated rings. The Balaban J connectivity index is 1.87. The Morgan fingerprint density at radius 2 is 2.15 bits per heavy atom. The fourth-order valence-electron chi connectivity index (χ4n) is 1.65. The molecule has 0 atom stereocenters. The highest BCUT2D eigenvalue weighted by Gasteiger charge is 2.16. The van der Waals surface area contributed by atoms with Crippen molar-refractivity contribution in [1.29, 1.82) is 0 Å². The lowest BCUT2D eigenvalue weighted by Crippen LogP contribution is -2.25. The van der Waals surface area contributed by atoms with E-state index in [0.717, 1.165) is 11.6 Å². The Bertz CT molecular complexity index is 639. The summed E-state index contributed by atoms with van der Waals surface area (Å²) in [6.45, 7) is 0.275. The van der Waals surface area contributed by atoms with Crippen molar-refractivity contribution in [3.05, 3.63) is 63.7 Å². The van der Waals surface area contributed by atoms with Crippen LogP contribution in [0.5, 0.6) is 0 Å². The number of carbonyl (C=O) groups is 1. The van der Waals surface area contributed by atoms with Crippen LogP contribution < -0.4 is 5.32 Å². The molecule has 0 aliphatic rings. The van der Waals surface area contributed by atoms with E-state index in [1.165, 1.54) is 18.2 Å². The molecule has 1 aromatic heterocycles. The molecule has 1 heterocycles. The van der Waals surface area contributed by atoms with E-state index in [1.54, 1.807) is 12.1 Å². The van der Waals surface area contributed by atoms with Crippen LogP contribution in [0.4, 0.5) is 10.3 Å². The van der Waals surface area contributed by atoms with Crippen molar-refractivity contribution in [2.24, 2.45) is 0 Å². The molecule has 0 saturated heterocycles. The second-order valence-electron chi connectivity index (χ2n) is 4.03. The van der Waals surface area contributed by atoms with Crippen LogP contribution in [0.2, 0.25) is 0 Å². The maximum atomic E-state index is 12.9. The smallest absolute Gasteiger partial charge is 0.395 e. The van der Waals surface area contributed by atoms with E-state index in [0.29, 0.717) is 6.42 Å². The third-order valence-corrected chi connectivity index (χ3v) is 2.58. The number of rotatable bonds is 5. The van der Waals surface area contributed by atoms with Gasteiger partial charge in [0.2, 0.25) is 0 Å². The van der Waals surface area contributed by atoms with Crippen LogP contribution in [0.25, 0.3) is 0 Å². The Kier molecular flexibility index (Phi) is 4.09. The predicted molar refractivity (Wildman–Crippen MR) is 67.8 cm³/mol. The van der Waals surface area contributed by atoms with Crippen molar-refractivity contribution in [1.82, 2.24) is 5.32 Å². The molecule has 20 heavy (non-hydrogen) atoms. The summed E-state index contributed by atoms with van der Waals surface area (Å²) in [6, 6.07) is 8.39. The van der Waals surface area contributed by atoms with Crippen LogP contribution in [0.3, 0.4) is 0 Å². The summed E-state index contributed by atoms with van der Waals surface area (Å²) in [5.41, 5.74) is 0.746. The number of nitro groups is 1. The third-order valence-electron chi connectivity index (χ3n) is 2.58. The number of halogens is 1. The van der Waals surface area contributed by atoms with Gasteiger partial charge in [0.05, 0.1) is 6.07 Å². The SMILES string of the molecule is O=C(NCCc1cccc(F)c1)c1ccc([N+](=O)[O-])o1. The Labute approximate surface area is 113 Å². The van der Waals surface area contributed by atoms with Crippen LogP contribution in [-0.4, -0.2) is 17.4 Å². The molecule has 0 unspecified atom stereocenters. The van der Waals surface area contributed by atoms with Crippen molar-refractivity contribution in [3.63, 3.8) is 0 Å². The zero-order valence-electron chi connectivity index (χ0n) is 10.3. The fraction of sp³-hybridized carbons (Fsp3) is 0.154. The molecule has 0 bridgehead atoms. The Hall–Kier alpha value is -2.70. The number of benzene rings is 1. The second kappa shape index (κ2) is 5.96. The topological polar surface area (TPSA) is 85.4 Å². The highest BCUT2D eigenvalue weighted by molar-refractivity contribution is 5.91. The van der Waals surface area contributed by atoms with Gasteiger partial charge in [0.15, 0.2) is 5.76 Å². The minimum Gasteiger partial charge on any atom is -0.395 e. The van der Waals surface area contributed by atoms with Gasteiger partial charge in [-0.3, -0.25) is 14.9 Å². The van der Waals surface area contributed by atoms with Crippen molar-refractivity contribution in [3.8, 4) is 0 Å². The first-order valence-electron chi connectivity index (χ1n) is 5.83. The predicted octanol–water partition coefficient (Wildman–Crippen LogP) is 2.30. The van der Waals surface area contributed by atoms with E-state index in [-0.39, 0.29) is 18.1 Å². The molecule has 0 aliphatic carbocycles. The molecule has 0 radical (unpaired) electrons. The number of nitrogens with zero attached hydrogens (tertiary/aromatic N) is 1. The number of amides is 1. The van der Waals surface area contributed by atoms with Gasteiger partial charge < -0.3 is 9.73 Å². The maximum absolute atomic E-state index is 12.9. The lowest BCUT2D eigenvalue weighted by Gasteiger charge is -2.03. The van der Waals surface area contributed by atoms with Gasteiger partial charge in [0, 0.05) is 6.54 Å². The average Bonchev–Trinajstić information content (AvgIpc) is 2.88. The first-order chi connectivity index (χ1) is 9.56. The summed E-state index contributed by atoms with van der Waals surface area (Å²) in [5.74, 6) is -1.50. The highest BCUT2D eigenvalue weighted by Crippen LogP contribution is 2.15. The van der Waals surface area contributed by atoms with E-state index in [2.05, 4.69) is 5.32 Å². The quantitative estimate of drug-likeness (QED) is 0.671. The number of carbonyl (C=O) groups excluding carboxylic acids is 1. The normalized spacial score (nSPS) is 10.2. The van der Waals surface area contributed by atoms with Crippen molar-refractivity contribution >= 4 is 11.8 Å². The van der Waals surface area contributed by atoms with Crippen LogP contribution in [-0.2, 0) is 6.42 Å². The summed E-state index contributed by atoms with van der Waals surface area (Å²) < 4.78 is 17.7. The van der Waals surface area contributed by atoms with Gasteiger partial charge in [-0.15, -0.1) is 0 Å². The van der Waals surface area contributed by atoms with Gasteiger partial charge in [-0.25, -0.2) is 4.39 Å². The molecule has 6 nitrogen and oxygen atoms in total. The molecule has 2 aromatic rings. The number of furan rings is 1. The zero-order valence-corrected chi connectivity index (χ0v) is 10.3. The lowest BCUT2D eigenvalue weighted by atomic mass is 10.1. The van der Waals surface area contributed by atoms with Gasteiger partial charge in [0.25, 0.3) is 5.91 Å². The molecule has 0 spiro atoms. The Morgan fingerprint density at radius 1 is 1.35 bits per heavy atom. The van der Waals surface area contributed by atoms with Crippen LogP contribution in [0.15, 0.2) is 40.8 Å². The first kappa shape index (κ1) is 13.7. The molecule has 0 saturated carbocycles. The maximum Gasteiger partial charge on any atom is 0.433 e. The van der Waals surface area contributed by atoms with E-state index in [1.807, 2.05) is 0 Å². The summed E-state index contributed by atoms with van der Waals surface area (Å²) in [6.07, 6.45) is 0.451. The second-order valence-corrected chi connectivity index (χ2v) is 4.03. The summed E-state index contributed by atoms with van der Waals surface area (Å²) in [5, 5.41) is 13.0. The van der Waals surface area contributed by atoms with Crippen molar-refractivity contribution in [2.45, 2.75) is 6.42 Å². The van der Waals surface area contributed by atoms with Crippen LogP contribution >= 0.6 is 0 Å². The first-order valence-corrected chi connectivity index (χ1v) is 5.83. The van der Waals surface area contributed by atoms with Crippen molar-refractivity contribution in [2.75, 3.05) is 6.54 Å². The third kappa shape index (κ3) is 3.41. The number of hydrogen-bond acceptors (Lipinski definition) is 4. The summed E-state index contributed by atoms with van der Waals surface area (Å²) >= 11 is 0. The van der Waals surface area contributed by atoms with E-state index < -0.39 is 16.7 Å². The van der Waals surface area contributed by atoms with E-state index in [4.69, 9.17) is 4.42 Å². The van der Waals surface area contributed by atoms with Gasteiger partial charge >= 0.3 is 5.88 Å². The monoisotopic (exact) mass is 278 g/mol. The van der Waals surface area contributed by atoms with Crippen molar-refractivity contribution < 1.29 is 18.5 Å². The Morgan fingerprint density at radius 3 is 2.80 bits per heavy atom. The largest absolute Gasteiger partial charge is 0.433 e. The molecule has 1 amide bonds. The lowest BCUT2D eigenvalue weighted by molar-refractivity contribution is -0.402. The molecule has 1 N–H and O–H groups in total. The summed E-state index contributed by atoms with van der Waals surface area (Å²) in [7, 11) is 0. The van der Waals surface area contributed by atoms with Gasteiger partial charge in [0.1, 0.15) is 10.7 Å². The van der Waals surface area contributed by atoms with Gasteiger partial charge in [-0.1, -0.05) is 12.1 Å². The van der Waals surface area contributed by atoms with Gasteiger partial charge in [-0.05, 0) is 30.2 Å². The minimum absolute atomic E-state index is 0.129. The molecule has 0 aliphatic heterocycles. The molecule has 1 aromatic carbocycles.